The summed E-state index contributed by atoms with van der Waals surface area (Å²) in [4.78, 5) is 0. The lowest BCUT2D eigenvalue weighted by molar-refractivity contribution is 0.530. The van der Waals surface area contributed by atoms with Crippen molar-refractivity contribution in [1.82, 2.24) is 5.32 Å². The largest absolute Gasteiger partial charge is 0.399 e. The Bertz CT molecular complexity index is 534. The highest BCUT2D eigenvalue weighted by Crippen LogP contribution is 2.32. The van der Waals surface area contributed by atoms with Gasteiger partial charge in [0.25, 0.3) is 0 Å². The van der Waals surface area contributed by atoms with E-state index in [1.807, 2.05) is 6.07 Å². The molecule has 2 heteroatoms. The second-order valence-electron chi connectivity index (χ2n) is 4.92. The van der Waals surface area contributed by atoms with Crippen LogP contribution in [0.3, 0.4) is 0 Å². The van der Waals surface area contributed by atoms with Gasteiger partial charge in [-0.1, -0.05) is 36.4 Å². The number of hydrogen-bond donors (Lipinski definition) is 2. The number of rotatable bonds is 3. The van der Waals surface area contributed by atoms with Gasteiger partial charge in [-0.05, 0) is 41.7 Å². The van der Waals surface area contributed by atoms with E-state index in [1.54, 1.807) is 0 Å². The topological polar surface area (TPSA) is 38.0 Å². The van der Waals surface area contributed by atoms with Gasteiger partial charge in [-0.25, -0.2) is 0 Å². The second kappa shape index (κ2) is 4.83. The van der Waals surface area contributed by atoms with Gasteiger partial charge in [-0.2, -0.15) is 0 Å². The third-order valence-electron chi connectivity index (χ3n) is 3.64. The molecular formula is C16H18N2. The Morgan fingerprint density at radius 2 is 1.94 bits per heavy atom. The summed E-state index contributed by atoms with van der Waals surface area (Å²) in [7, 11) is 0. The number of aryl methyl sites for hydroxylation is 1. The van der Waals surface area contributed by atoms with Gasteiger partial charge in [0.1, 0.15) is 0 Å². The number of fused-ring (bicyclic) bond motifs is 1. The first-order chi connectivity index (χ1) is 8.83. The van der Waals surface area contributed by atoms with E-state index in [0.29, 0.717) is 6.04 Å². The van der Waals surface area contributed by atoms with Crippen molar-refractivity contribution in [2.24, 2.45) is 0 Å². The van der Waals surface area contributed by atoms with Crippen LogP contribution in [-0.4, -0.2) is 0 Å². The normalized spacial score (nSPS) is 17.7. The van der Waals surface area contributed by atoms with Crippen molar-refractivity contribution in [3.8, 4) is 0 Å². The van der Waals surface area contributed by atoms with Crippen LogP contribution < -0.4 is 11.1 Å². The molecule has 18 heavy (non-hydrogen) atoms. The molecular weight excluding hydrogens is 220 g/mol. The molecule has 0 heterocycles. The fourth-order valence-corrected chi connectivity index (χ4v) is 2.69. The van der Waals surface area contributed by atoms with Crippen molar-refractivity contribution >= 4 is 5.69 Å². The summed E-state index contributed by atoms with van der Waals surface area (Å²) in [6.07, 6.45) is 2.30. The average Bonchev–Trinajstić information content (AvgIpc) is 2.80. The third kappa shape index (κ3) is 2.24. The molecule has 1 aliphatic rings. The highest BCUT2D eigenvalue weighted by atomic mass is 14.9. The first kappa shape index (κ1) is 11.3. The Hall–Kier alpha value is -1.80. The predicted octanol–water partition coefficient (Wildman–Crippen LogP) is 3.05. The number of nitrogens with two attached hydrogens (primary N) is 1. The molecule has 3 N–H and O–H groups in total. The Balaban J connectivity index is 1.70. The van der Waals surface area contributed by atoms with E-state index in [9.17, 15) is 0 Å². The van der Waals surface area contributed by atoms with Gasteiger partial charge in [0.15, 0.2) is 0 Å². The zero-order valence-electron chi connectivity index (χ0n) is 10.4. The second-order valence-corrected chi connectivity index (χ2v) is 4.92. The van der Waals surface area contributed by atoms with Crippen molar-refractivity contribution < 1.29 is 0 Å². The number of anilines is 1. The predicted molar refractivity (Wildman–Crippen MR) is 75.2 cm³/mol. The van der Waals surface area contributed by atoms with Crippen LogP contribution >= 0.6 is 0 Å². The lowest BCUT2D eigenvalue weighted by atomic mass is 10.1. The monoisotopic (exact) mass is 238 g/mol. The molecule has 0 spiro atoms. The van der Waals surface area contributed by atoms with E-state index in [0.717, 1.165) is 18.7 Å². The molecule has 0 fully saturated rings. The van der Waals surface area contributed by atoms with E-state index < -0.39 is 0 Å². The quantitative estimate of drug-likeness (QED) is 0.807. The molecule has 0 aromatic heterocycles. The number of benzene rings is 2. The highest BCUT2D eigenvalue weighted by Gasteiger charge is 2.21. The highest BCUT2D eigenvalue weighted by molar-refractivity contribution is 5.47. The molecule has 1 unspecified atom stereocenters. The van der Waals surface area contributed by atoms with Crippen LogP contribution in [0.1, 0.15) is 29.2 Å². The van der Waals surface area contributed by atoms with Crippen molar-refractivity contribution in [3.05, 3.63) is 65.2 Å². The minimum absolute atomic E-state index is 0.473. The molecule has 2 aromatic rings. The van der Waals surface area contributed by atoms with Crippen molar-refractivity contribution in [2.75, 3.05) is 5.73 Å². The summed E-state index contributed by atoms with van der Waals surface area (Å²) in [5.74, 6) is 0. The molecule has 0 aliphatic heterocycles. The summed E-state index contributed by atoms with van der Waals surface area (Å²) in [6.45, 7) is 0.926. The SMILES string of the molecule is Nc1ccc2c(c1)CCC2NCc1ccccc1. The lowest BCUT2D eigenvalue weighted by Crippen LogP contribution is -2.18. The van der Waals surface area contributed by atoms with Crippen molar-refractivity contribution in [2.45, 2.75) is 25.4 Å². The van der Waals surface area contributed by atoms with Gasteiger partial charge < -0.3 is 11.1 Å². The molecule has 0 saturated heterocycles. The van der Waals surface area contributed by atoms with E-state index >= 15 is 0 Å². The fourth-order valence-electron chi connectivity index (χ4n) is 2.69. The van der Waals surface area contributed by atoms with Crippen molar-refractivity contribution in [3.63, 3.8) is 0 Å². The van der Waals surface area contributed by atoms with Crippen LogP contribution in [0.15, 0.2) is 48.5 Å². The van der Waals surface area contributed by atoms with Crippen LogP contribution in [0.2, 0.25) is 0 Å². The van der Waals surface area contributed by atoms with Gasteiger partial charge in [-0.3, -0.25) is 0 Å². The van der Waals surface area contributed by atoms with Crippen LogP contribution in [-0.2, 0) is 13.0 Å². The summed E-state index contributed by atoms with van der Waals surface area (Å²) < 4.78 is 0. The molecule has 0 amide bonds. The van der Waals surface area contributed by atoms with Gasteiger partial charge in [-0.15, -0.1) is 0 Å². The molecule has 1 atom stereocenters. The zero-order valence-corrected chi connectivity index (χ0v) is 10.4. The first-order valence-corrected chi connectivity index (χ1v) is 6.48. The van der Waals surface area contributed by atoms with Crippen molar-refractivity contribution in [1.29, 1.82) is 0 Å². The maximum atomic E-state index is 5.82. The minimum Gasteiger partial charge on any atom is -0.399 e. The molecule has 0 saturated carbocycles. The van der Waals surface area contributed by atoms with E-state index in [1.165, 1.54) is 23.1 Å². The molecule has 0 radical (unpaired) electrons. The molecule has 0 bridgehead atoms. The number of nitrogen functional groups attached to an aromatic ring is 1. The van der Waals surface area contributed by atoms with E-state index in [4.69, 9.17) is 5.73 Å². The zero-order chi connectivity index (χ0) is 12.4. The van der Waals surface area contributed by atoms with Crippen LogP contribution in [0.5, 0.6) is 0 Å². The average molecular weight is 238 g/mol. The molecule has 1 aliphatic carbocycles. The molecule has 2 nitrogen and oxygen atoms in total. The lowest BCUT2D eigenvalue weighted by Gasteiger charge is -2.14. The minimum atomic E-state index is 0.473. The Morgan fingerprint density at radius 1 is 1.11 bits per heavy atom. The Labute approximate surface area is 108 Å². The van der Waals surface area contributed by atoms with Gasteiger partial charge in [0.2, 0.25) is 0 Å². The van der Waals surface area contributed by atoms with Crippen LogP contribution in [0.4, 0.5) is 5.69 Å². The Morgan fingerprint density at radius 3 is 2.78 bits per heavy atom. The van der Waals surface area contributed by atoms with Crippen LogP contribution in [0.25, 0.3) is 0 Å². The summed E-state index contributed by atoms with van der Waals surface area (Å²) in [5, 5.41) is 3.63. The van der Waals surface area contributed by atoms with Gasteiger partial charge in [0.05, 0.1) is 0 Å². The summed E-state index contributed by atoms with van der Waals surface area (Å²) >= 11 is 0. The number of hydrogen-bond acceptors (Lipinski definition) is 2. The van der Waals surface area contributed by atoms with Gasteiger partial charge in [0, 0.05) is 18.3 Å². The van der Waals surface area contributed by atoms with E-state index in [-0.39, 0.29) is 0 Å². The molecule has 2 aromatic carbocycles. The first-order valence-electron chi connectivity index (χ1n) is 6.48. The number of nitrogens with one attached hydrogen (secondary N) is 1. The molecule has 92 valence electrons. The standard InChI is InChI=1S/C16H18N2/c17-14-7-8-15-13(10-14)6-9-16(15)18-11-12-4-2-1-3-5-12/h1-5,7-8,10,16,18H,6,9,11,17H2. The van der Waals surface area contributed by atoms with E-state index in [2.05, 4.69) is 47.8 Å². The van der Waals surface area contributed by atoms with Crippen LogP contribution in [0, 0.1) is 0 Å². The smallest absolute Gasteiger partial charge is 0.0329 e. The molecule has 3 rings (SSSR count). The third-order valence-corrected chi connectivity index (χ3v) is 3.64. The summed E-state index contributed by atoms with van der Waals surface area (Å²) in [6, 6.07) is 17.3. The maximum absolute atomic E-state index is 5.82. The fraction of sp³-hybridized carbons (Fsp3) is 0.250. The Kier molecular flexibility index (Phi) is 3.03. The maximum Gasteiger partial charge on any atom is 0.0329 e. The van der Waals surface area contributed by atoms with Gasteiger partial charge >= 0.3 is 0 Å². The summed E-state index contributed by atoms with van der Waals surface area (Å²) in [5.41, 5.74) is 10.8.